The lowest BCUT2D eigenvalue weighted by atomic mass is 10.3. The average Bonchev–Trinajstić information content (AvgIpc) is 2.74. The van der Waals surface area contributed by atoms with Gasteiger partial charge in [-0.05, 0) is 6.42 Å². The first-order valence-corrected chi connectivity index (χ1v) is 5.37. The quantitative estimate of drug-likeness (QED) is 0.803. The van der Waals surface area contributed by atoms with E-state index in [0.717, 1.165) is 19.4 Å². The fraction of sp³-hybridized carbons (Fsp3) is 0.500. The van der Waals surface area contributed by atoms with Gasteiger partial charge in [0.1, 0.15) is 0 Å². The fourth-order valence-corrected chi connectivity index (χ4v) is 1.51. The minimum Gasteiger partial charge on any atom is -0.345 e. The topological polar surface area (TPSA) is 77.7 Å². The molecule has 0 bridgehead atoms. The largest absolute Gasteiger partial charge is 0.345 e. The number of aromatic nitrogens is 4. The first-order chi connectivity index (χ1) is 7.72. The van der Waals surface area contributed by atoms with Crippen LogP contribution < -0.4 is 10.5 Å². The van der Waals surface area contributed by atoms with Crippen molar-refractivity contribution in [3.63, 3.8) is 0 Å². The summed E-state index contributed by atoms with van der Waals surface area (Å²) >= 11 is 0. The van der Waals surface area contributed by atoms with Gasteiger partial charge in [0.2, 0.25) is 5.95 Å². The van der Waals surface area contributed by atoms with Crippen molar-refractivity contribution in [3.8, 4) is 0 Å². The maximum Gasteiger partial charge on any atom is 0.278 e. The number of fused-ring (bicyclic) bond motifs is 1. The highest BCUT2D eigenvalue weighted by Gasteiger charge is 2.08. The summed E-state index contributed by atoms with van der Waals surface area (Å²) in [5, 5.41) is 0. The van der Waals surface area contributed by atoms with Crippen LogP contribution in [0.3, 0.4) is 0 Å². The Morgan fingerprint density at radius 1 is 1.50 bits per heavy atom. The number of nitrogens with zero attached hydrogens (tertiary/aromatic N) is 3. The lowest BCUT2D eigenvalue weighted by molar-refractivity contribution is 0.750. The minimum atomic E-state index is -0.180. The van der Waals surface area contributed by atoms with E-state index in [0.29, 0.717) is 17.1 Å². The van der Waals surface area contributed by atoms with Gasteiger partial charge in [-0.25, -0.2) is 4.98 Å². The lowest BCUT2D eigenvalue weighted by Gasteiger charge is -2.16. The summed E-state index contributed by atoms with van der Waals surface area (Å²) in [6, 6.07) is 0. The summed E-state index contributed by atoms with van der Waals surface area (Å²) in [4.78, 5) is 27.3. The number of hydrogen-bond acceptors (Lipinski definition) is 4. The zero-order valence-corrected chi connectivity index (χ0v) is 9.45. The predicted octanol–water partition coefficient (Wildman–Crippen LogP) is 0.882. The van der Waals surface area contributed by atoms with Gasteiger partial charge < -0.3 is 9.88 Å². The molecule has 0 fully saturated rings. The molecule has 0 aliphatic heterocycles. The Balaban J connectivity index is 2.34. The zero-order valence-electron chi connectivity index (χ0n) is 9.45. The Morgan fingerprint density at radius 2 is 2.31 bits per heavy atom. The van der Waals surface area contributed by atoms with Gasteiger partial charge in [-0.15, -0.1) is 0 Å². The Labute approximate surface area is 92.7 Å². The van der Waals surface area contributed by atoms with Gasteiger partial charge in [-0.3, -0.25) is 9.78 Å². The molecule has 16 heavy (non-hydrogen) atoms. The minimum absolute atomic E-state index is 0.180. The van der Waals surface area contributed by atoms with Crippen LogP contribution >= 0.6 is 0 Å². The molecule has 0 aromatic carbocycles. The van der Waals surface area contributed by atoms with Gasteiger partial charge in [0.05, 0.1) is 6.33 Å². The normalized spacial score (nSPS) is 10.9. The van der Waals surface area contributed by atoms with Crippen LogP contribution in [0.25, 0.3) is 11.2 Å². The van der Waals surface area contributed by atoms with Gasteiger partial charge in [-0.1, -0.05) is 13.3 Å². The first kappa shape index (κ1) is 10.7. The molecule has 2 N–H and O–H groups in total. The molecule has 0 unspecified atom stereocenters. The Kier molecular flexibility index (Phi) is 2.89. The molecular weight excluding hydrogens is 206 g/mol. The van der Waals surface area contributed by atoms with E-state index in [-0.39, 0.29) is 5.56 Å². The SMILES string of the molecule is CCCCN(C)c1nc2nc[nH]c2c(=O)[nH]1. The third kappa shape index (κ3) is 1.91. The van der Waals surface area contributed by atoms with Crippen molar-refractivity contribution in [2.45, 2.75) is 19.8 Å². The molecule has 0 aliphatic rings. The van der Waals surface area contributed by atoms with Crippen LogP contribution in [0.5, 0.6) is 0 Å². The number of aromatic amines is 2. The second-order valence-corrected chi connectivity index (χ2v) is 3.77. The Hall–Kier alpha value is -1.85. The molecule has 86 valence electrons. The van der Waals surface area contributed by atoms with E-state index < -0.39 is 0 Å². The molecule has 0 saturated heterocycles. The second kappa shape index (κ2) is 4.34. The summed E-state index contributed by atoms with van der Waals surface area (Å²) in [6.45, 7) is 3.00. The molecule has 0 aliphatic carbocycles. The van der Waals surface area contributed by atoms with E-state index in [4.69, 9.17) is 0 Å². The van der Waals surface area contributed by atoms with E-state index in [9.17, 15) is 4.79 Å². The Morgan fingerprint density at radius 3 is 3.06 bits per heavy atom. The van der Waals surface area contributed by atoms with Crippen molar-refractivity contribution in [2.75, 3.05) is 18.5 Å². The number of nitrogens with one attached hydrogen (secondary N) is 2. The highest BCUT2D eigenvalue weighted by Crippen LogP contribution is 2.07. The average molecular weight is 221 g/mol. The van der Waals surface area contributed by atoms with Crippen molar-refractivity contribution < 1.29 is 0 Å². The predicted molar refractivity (Wildman–Crippen MR) is 62.7 cm³/mol. The second-order valence-electron chi connectivity index (χ2n) is 3.77. The molecule has 2 aromatic rings. The van der Waals surface area contributed by atoms with E-state index >= 15 is 0 Å². The molecule has 0 radical (unpaired) electrons. The van der Waals surface area contributed by atoms with Crippen LogP contribution in [0.2, 0.25) is 0 Å². The number of hydrogen-bond donors (Lipinski definition) is 2. The summed E-state index contributed by atoms with van der Waals surface area (Å²) < 4.78 is 0. The van der Waals surface area contributed by atoms with E-state index in [1.165, 1.54) is 6.33 Å². The summed E-state index contributed by atoms with van der Waals surface area (Å²) in [5.41, 5.74) is 0.704. The first-order valence-electron chi connectivity index (χ1n) is 5.37. The fourth-order valence-electron chi connectivity index (χ4n) is 1.51. The third-order valence-electron chi connectivity index (χ3n) is 2.49. The van der Waals surface area contributed by atoms with Gasteiger partial charge in [0, 0.05) is 13.6 Å². The van der Waals surface area contributed by atoms with Gasteiger partial charge in [0.15, 0.2) is 11.2 Å². The Bertz CT molecular complexity index is 529. The van der Waals surface area contributed by atoms with Crippen LogP contribution in [-0.4, -0.2) is 33.5 Å². The van der Waals surface area contributed by atoms with Gasteiger partial charge in [-0.2, -0.15) is 4.98 Å². The van der Waals surface area contributed by atoms with Crippen molar-refractivity contribution in [1.82, 2.24) is 19.9 Å². The molecule has 6 nitrogen and oxygen atoms in total. The molecule has 2 rings (SSSR count). The van der Waals surface area contributed by atoms with Crippen molar-refractivity contribution in [3.05, 3.63) is 16.7 Å². The third-order valence-corrected chi connectivity index (χ3v) is 2.49. The molecular formula is C10H15N5O. The zero-order chi connectivity index (χ0) is 11.5. The molecule has 0 atom stereocenters. The van der Waals surface area contributed by atoms with E-state index in [1.807, 2.05) is 11.9 Å². The molecule has 6 heteroatoms. The highest BCUT2D eigenvalue weighted by atomic mass is 16.1. The highest BCUT2D eigenvalue weighted by molar-refractivity contribution is 5.69. The molecule has 0 spiro atoms. The molecule has 0 saturated carbocycles. The van der Waals surface area contributed by atoms with Crippen molar-refractivity contribution in [1.29, 1.82) is 0 Å². The molecule has 2 heterocycles. The standard InChI is InChI=1S/C10H15N5O/c1-3-4-5-15(2)10-13-8-7(9(16)14-10)11-6-12-8/h6H,3-5H2,1-2H3,(H2,11,12,13,14,16). The van der Waals surface area contributed by atoms with Crippen LogP contribution in [0.4, 0.5) is 5.95 Å². The summed E-state index contributed by atoms with van der Waals surface area (Å²) in [6.07, 6.45) is 3.65. The van der Waals surface area contributed by atoms with Crippen molar-refractivity contribution in [2.24, 2.45) is 0 Å². The maximum absolute atomic E-state index is 11.6. The lowest BCUT2D eigenvalue weighted by Crippen LogP contribution is -2.24. The smallest absolute Gasteiger partial charge is 0.278 e. The van der Waals surface area contributed by atoms with Gasteiger partial charge >= 0.3 is 0 Å². The number of rotatable bonds is 4. The van der Waals surface area contributed by atoms with Gasteiger partial charge in [0.25, 0.3) is 5.56 Å². The van der Waals surface area contributed by atoms with Crippen LogP contribution in [0.1, 0.15) is 19.8 Å². The number of H-pyrrole nitrogens is 2. The number of anilines is 1. The molecule has 2 aromatic heterocycles. The van der Waals surface area contributed by atoms with Crippen molar-refractivity contribution >= 4 is 17.1 Å². The molecule has 0 amide bonds. The summed E-state index contributed by atoms with van der Waals surface area (Å²) in [7, 11) is 1.91. The number of unbranched alkanes of at least 4 members (excludes halogenated alkanes) is 1. The van der Waals surface area contributed by atoms with Crippen LogP contribution in [0.15, 0.2) is 11.1 Å². The monoisotopic (exact) mass is 221 g/mol. The number of imidazole rings is 1. The van der Waals surface area contributed by atoms with E-state index in [2.05, 4.69) is 26.9 Å². The maximum atomic E-state index is 11.6. The van der Waals surface area contributed by atoms with Crippen LogP contribution in [-0.2, 0) is 0 Å². The van der Waals surface area contributed by atoms with Crippen LogP contribution in [0, 0.1) is 0 Å². The summed E-state index contributed by atoms with van der Waals surface area (Å²) in [5.74, 6) is 0.568. The van der Waals surface area contributed by atoms with E-state index in [1.54, 1.807) is 0 Å².